The van der Waals surface area contributed by atoms with Gasteiger partial charge in [-0.2, -0.15) is 11.3 Å². The Hall–Kier alpha value is -1.37. The number of carbonyl (C=O) groups excluding carboxylic acids is 2. The maximum atomic E-state index is 12.0. The standard InChI is InChI=1S/C14H15ClN2O2S2/c1-17(8-11-2-3-12(15)21-11)13(18)4-6-16-14(19)10-5-7-20-9-10/h2-3,5,7,9H,4,6,8H2,1H3,(H,16,19). The summed E-state index contributed by atoms with van der Waals surface area (Å²) >= 11 is 8.79. The average molecular weight is 343 g/mol. The number of hydrogen-bond acceptors (Lipinski definition) is 4. The monoisotopic (exact) mass is 342 g/mol. The van der Waals surface area contributed by atoms with E-state index in [4.69, 9.17) is 11.6 Å². The lowest BCUT2D eigenvalue weighted by Crippen LogP contribution is -2.31. The van der Waals surface area contributed by atoms with Crippen LogP contribution in [0.5, 0.6) is 0 Å². The summed E-state index contributed by atoms with van der Waals surface area (Å²) in [6.07, 6.45) is 0.283. The van der Waals surface area contributed by atoms with Crippen LogP contribution in [0.2, 0.25) is 4.34 Å². The minimum absolute atomic E-state index is 0.00913. The van der Waals surface area contributed by atoms with E-state index in [1.54, 1.807) is 23.4 Å². The van der Waals surface area contributed by atoms with E-state index in [1.807, 2.05) is 17.5 Å². The Balaban J connectivity index is 1.72. The Labute approximate surface area is 136 Å². The Morgan fingerprint density at radius 3 is 2.76 bits per heavy atom. The number of carbonyl (C=O) groups is 2. The lowest BCUT2D eigenvalue weighted by Gasteiger charge is -2.16. The highest BCUT2D eigenvalue weighted by atomic mass is 35.5. The molecule has 21 heavy (non-hydrogen) atoms. The lowest BCUT2D eigenvalue weighted by molar-refractivity contribution is -0.130. The van der Waals surface area contributed by atoms with Gasteiger partial charge in [0.2, 0.25) is 5.91 Å². The topological polar surface area (TPSA) is 49.4 Å². The number of halogens is 1. The van der Waals surface area contributed by atoms with Crippen molar-refractivity contribution < 1.29 is 9.59 Å². The van der Waals surface area contributed by atoms with Crippen molar-refractivity contribution >= 4 is 46.1 Å². The van der Waals surface area contributed by atoms with Crippen LogP contribution in [0.3, 0.4) is 0 Å². The minimum Gasteiger partial charge on any atom is -0.351 e. The summed E-state index contributed by atoms with van der Waals surface area (Å²) in [5.74, 6) is -0.151. The van der Waals surface area contributed by atoms with Gasteiger partial charge >= 0.3 is 0 Å². The van der Waals surface area contributed by atoms with E-state index in [0.717, 1.165) is 4.88 Å². The predicted octanol–water partition coefficient (Wildman–Crippen LogP) is 3.24. The van der Waals surface area contributed by atoms with Gasteiger partial charge in [0.1, 0.15) is 0 Å². The van der Waals surface area contributed by atoms with Crippen LogP contribution in [0.4, 0.5) is 0 Å². The Morgan fingerprint density at radius 1 is 1.33 bits per heavy atom. The number of hydrogen-bond donors (Lipinski definition) is 1. The molecule has 0 unspecified atom stereocenters. The van der Waals surface area contributed by atoms with Crippen molar-refractivity contribution in [1.82, 2.24) is 10.2 Å². The summed E-state index contributed by atoms with van der Waals surface area (Å²) in [7, 11) is 1.75. The third-order valence-electron chi connectivity index (χ3n) is 2.86. The van der Waals surface area contributed by atoms with Gasteiger partial charge in [-0.25, -0.2) is 0 Å². The highest BCUT2D eigenvalue weighted by Gasteiger charge is 2.11. The third kappa shape index (κ3) is 4.84. The molecule has 2 rings (SSSR count). The highest BCUT2D eigenvalue weighted by Crippen LogP contribution is 2.22. The van der Waals surface area contributed by atoms with Gasteiger partial charge < -0.3 is 10.2 Å². The lowest BCUT2D eigenvalue weighted by atomic mass is 10.3. The van der Waals surface area contributed by atoms with Crippen LogP contribution in [0, 0.1) is 0 Å². The Morgan fingerprint density at radius 2 is 2.14 bits per heavy atom. The molecular formula is C14H15ClN2O2S2. The van der Waals surface area contributed by atoms with Gasteiger partial charge in [0.15, 0.2) is 0 Å². The molecule has 0 radical (unpaired) electrons. The van der Waals surface area contributed by atoms with Crippen molar-refractivity contribution in [2.24, 2.45) is 0 Å². The second kappa shape index (κ2) is 7.59. The van der Waals surface area contributed by atoms with Gasteiger partial charge in [0.25, 0.3) is 5.91 Å². The van der Waals surface area contributed by atoms with E-state index in [1.165, 1.54) is 22.7 Å². The smallest absolute Gasteiger partial charge is 0.252 e. The van der Waals surface area contributed by atoms with Crippen LogP contribution < -0.4 is 5.32 Å². The van der Waals surface area contributed by atoms with Crippen LogP contribution in [-0.4, -0.2) is 30.3 Å². The number of nitrogens with one attached hydrogen (secondary N) is 1. The molecular weight excluding hydrogens is 328 g/mol. The van der Waals surface area contributed by atoms with E-state index in [0.29, 0.717) is 23.0 Å². The fourth-order valence-electron chi connectivity index (χ4n) is 1.73. The number of nitrogens with zero attached hydrogens (tertiary/aromatic N) is 1. The number of amides is 2. The maximum Gasteiger partial charge on any atom is 0.252 e. The average Bonchev–Trinajstić information content (AvgIpc) is 3.10. The number of rotatable bonds is 6. The minimum atomic E-state index is -0.142. The molecule has 0 bridgehead atoms. The molecule has 0 aliphatic rings. The van der Waals surface area contributed by atoms with Crippen molar-refractivity contribution in [3.8, 4) is 0 Å². The normalized spacial score (nSPS) is 10.4. The van der Waals surface area contributed by atoms with Crippen LogP contribution >= 0.6 is 34.3 Å². The molecule has 4 nitrogen and oxygen atoms in total. The first-order chi connectivity index (χ1) is 10.1. The van der Waals surface area contributed by atoms with Gasteiger partial charge in [-0.3, -0.25) is 9.59 Å². The molecule has 0 aliphatic heterocycles. The van der Waals surface area contributed by atoms with Crippen molar-refractivity contribution in [2.75, 3.05) is 13.6 Å². The maximum absolute atomic E-state index is 12.0. The molecule has 0 fully saturated rings. The SMILES string of the molecule is CN(Cc1ccc(Cl)s1)C(=O)CCNC(=O)c1ccsc1. The summed E-state index contributed by atoms with van der Waals surface area (Å²) in [5.41, 5.74) is 0.633. The van der Waals surface area contributed by atoms with E-state index in [2.05, 4.69) is 5.32 Å². The van der Waals surface area contributed by atoms with Gasteiger partial charge in [-0.05, 0) is 23.6 Å². The zero-order valence-electron chi connectivity index (χ0n) is 11.5. The van der Waals surface area contributed by atoms with Gasteiger partial charge in [0.05, 0.1) is 10.9 Å². The second-order valence-corrected chi connectivity index (χ2v) is 7.05. The molecule has 1 N–H and O–H groups in total. The van der Waals surface area contributed by atoms with E-state index >= 15 is 0 Å². The summed E-state index contributed by atoms with van der Waals surface area (Å²) in [5, 5.41) is 6.37. The Kier molecular flexibility index (Phi) is 5.78. The fourth-order valence-corrected chi connectivity index (χ4v) is 3.51. The van der Waals surface area contributed by atoms with Crippen molar-refractivity contribution in [1.29, 1.82) is 0 Å². The molecule has 2 heterocycles. The fraction of sp³-hybridized carbons (Fsp3) is 0.286. The summed E-state index contributed by atoms with van der Waals surface area (Å²) in [4.78, 5) is 26.4. The van der Waals surface area contributed by atoms with Crippen LogP contribution in [0.25, 0.3) is 0 Å². The van der Waals surface area contributed by atoms with Crippen molar-refractivity contribution in [3.05, 3.63) is 43.7 Å². The Bertz CT molecular complexity index is 610. The largest absolute Gasteiger partial charge is 0.351 e. The third-order valence-corrected chi connectivity index (χ3v) is 4.75. The van der Waals surface area contributed by atoms with E-state index < -0.39 is 0 Å². The first-order valence-corrected chi connectivity index (χ1v) is 8.48. The molecule has 0 atom stereocenters. The first kappa shape index (κ1) is 16.0. The molecule has 7 heteroatoms. The van der Waals surface area contributed by atoms with Crippen LogP contribution in [0.1, 0.15) is 21.7 Å². The molecule has 2 aromatic heterocycles. The van der Waals surface area contributed by atoms with Gasteiger partial charge in [0, 0.05) is 35.8 Å². The molecule has 0 saturated carbocycles. The van der Waals surface area contributed by atoms with Crippen LogP contribution in [0.15, 0.2) is 29.0 Å². The predicted molar refractivity (Wildman–Crippen MR) is 87.1 cm³/mol. The first-order valence-electron chi connectivity index (χ1n) is 6.35. The molecule has 2 aromatic rings. The summed E-state index contributed by atoms with van der Waals surface area (Å²) in [6, 6.07) is 5.49. The molecule has 0 aliphatic carbocycles. The zero-order valence-corrected chi connectivity index (χ0v) is 13.9. The molecule has 0 spiro atoms. The van der Waals surface area contributed by atoms with E-state index in [9.17, 15) is 9.59 Å². The molecule has 0 saturated heterocycles. The van der Waals surface area contributed by atoms with Gasteiger partial charge in [-0.15, -0.1) is 11.3 Å². The zero-order chi connectivity index (χ0) is 15.2. The van der Waals surface area contributed by atoms with Gasteiger partial charge in [-0.1, -0.05) is 11.6 Å². The molecule has 2 amide bonds. The highest BCUT2D eigenvalue weighted by molar-refractivity contribution is 7.16. The summed E-state index contributed by atoms with van der Waals surface area (Å²) in [6.45, 7) is 0.873. The van der Waals surface area contributed by atoms with E-state index in [-0.39, 0.29) is 18.2 Å². The summed E-state index contributed by atoms with van der Waals surface area (Å²) < 4.78 is 0.717. The van der Waals surface area contributed by atoms with Crippen molar-refractivity contribution in [3.63, 3.8) is 0 Å². The second-order valence-electron chi connectivity index (χ2n) is 4.47. The quantitative estimate of drug-likeness (QED) is 0.876. The van der Waals surface area contributed by atoms with Crippen molar-refractivity contribution in [2.45, 2.75) is 13.0 Å². The van der Waals surface area contributed by atoms with Crippen LogP contribution in [-0.2, 0) is 11.3 Å². The number of thiophene rings is 2. The molecule has 0 aromatic carbocycles. The molecule has 112 valence electrons.